The zero-order chi connectivity index (χ0) is 15.8. The second kappa shape index (κ2) is 8.78. The molecule has 0 fully saturated rings. The van der Waals surface area contributed by atoms with Crippen molar-refractivity contribution < 1.29 is 9.18 Å². The minimum absolute atomic E-state index is 0.0282. The first-order valence-electron chi connectivity index (χ1n) is 7.64. The summed E-state index contributed by atoms with van der Waals surface area (Å²) in [5.74, 6) is 0.585. The van der Waals surface area contributed by atoms with E-state index in [1.165, 1.54) is 12.1 Å². The molecule has 0 saturated heterocycles. The molecule has 3 nitrogen and oxygen atoms in total. The van der Waals surface area contributed by atoms with Crippen molar-refractivity contribution >= 4 is 5.91 Å². The number of halogens is 1. The number of nitrogens with two attached hydrogens (primary N) is 1. The standard InChI is InChI=1S/C17H27FN2O/c1-12(2)8-15(11-19)10-17(21)20-13(3)9-14-4-6-16(18)7-5-14/h4-7,12-13,15H,8-11,19H2,1-3H3,(H,20,21)/t13?,15-/m0/s1. The molecule has 0 aliphatic heterocycles. The van der Waals surface area contributed by atoms with Gasteiger partial charge in [-0.2, -0.15) is 0 Å². The van der Waals surface area contributed by atoms with E-state index in [1.807, 2.05) is 6.92 Å². The molecule has 0 aliphatic rings. The fourth-order valence-corrected chi connectivity index (χ4v) is 2.55. The molecule has 0 heterocycles. The van der Waals surface area contributed by atoms with Gasteiger partial charge in [0.2, 0.25) is 5.91 Å². The Labute approximate surface area is 127 Å². The van der Waals surface area contributed by atoms with Crippen LogP contribution in [0.1, 0.15) is 39.2 Å². The Morgan fingerprint density at radius 3 is 2.38 bits per heavy atom. The van der Waals surface area contributed by atoms with Crippen LogP contribution in [0.15, 0.2) is 24.3 Å². The van der Waals surface area contributed by atoms with Crippen molar-refractivity contribution in [3.8, 4) is 0 Å². The van der Waals surface area contributed by atoms with Crippen LogP contribution >= 0.6 is 0 Å². The minimum Gasteiger partial charge on any atom is -0.353 e. The van der Waals surface area contributed by atoms with Crippen LogP contribution in [0.5, 0.6) is 0 Å². The van der Waals surface area contributed by atoms with Gasteiger partial charge in [0, 0.05) is 12.5 Å². The predicted octanol–water partition coefficient (Wildman–Crippen LogP) is 2.88. The molecule has 0 radical (unpaired) electrons. The van der Waals surface area contributed by atoms with E-state index in [0.29, 0.717) is 25.3 Å². The van der Waals surface area contributed by atoms with Crippen LogP contribution in [0, 0.1) is 17.7 Å². The fourth-order valence-electron chi connectivity index (χ4n) is 2.55. The number of hydrogen-bond donors (Lipinski definition) is 2. The Balaban J connectivity index is 2.40. The van der Waals surface area contributed by atoms with Gasteiger partial charge in [0.25, 0.3) is 0 Å². The molecule has 4 heteroatoms. The smallest absolute Gasteiger partial charge is 0.220 e. The lowest BCUT2D eigenvalue weighted by Gasteiger charge is -2.19. The number of carbonyl (C=O) groups excluding carboxylic acids is 1. The number of amides is 1. The van der Waals surface area contributed by atoms with E-state index >= 15 is 0 Å². The molecule has 1 rings (SSSR count). The molecule has 0 bridgehead atoms. The Bertz CT molecular complexity index is 431. The summed E-state index contributed by atoms with van der Waals surface area (Å²) in [7, 11) is 0. The first-order valence-corrected chi connectivity index (χ1v) is 7.64. The SMILES string of the molecule is CC(C)C[C@H](CN)CC(=O)NC(C)Cc1ccc(F)cc1. The summed E-state index contributed by atoms with van der Waals surface area (Å²) in [4.78, 5) is 12.0. The van der Waals surface area contributed by atoms with E-state index in [2.05, 4.69) is 19.2 Å². The first-order chi connectivity index (χ1) is 9.90. The highest BCUT2D eigenvalue weighted by molar-refractivity contribution is 5.76. The van der Waals surface area contributed by atoms with Crippen molar-refractivity contribution in [2.24, 2.45) is 17.6 Å². The van der Waals surface area contributed by atoms with E-state index in [1.54, 1.807) is 12.1 Å². The lowest BCUT2D eigenvalue weighted by Crippen LogP contribution is -2.36. The molecule has 1 aromatic carbocycles. The number of rotatable bonds is 8. The maximum Gasteiger partial charge on any atom is 0.220 e. The number of benzene rings is 1. The van der Waals surface area contributed by atoms with Crippen molar-refractivity contribution in [2.45, 2.75) is 46.1 Å². The summed E-state index contributed by atoms with van der Waals surface area (Å²) in [6.07, 6.45) is 2.14. The molecule has 0 aromatic heterocycles. The van der Waals surface area contributed by atoms with Crippen molar-refractivity contribution in [1.29, 1.82) is 0 Å². The Hall–Kier alpha value is -1.42. The van der Waals surface area contributed by atoms with Gasteiger partial charge in [-0.1, -0.05) is 26.0 Å². The summed E-state index contributed by atoms with van der Waals surface area (Å²) >= 11 is 0. The van der Waals surface area contributed by atoms with Crippen LogP contribution in [-0.2, 0) is 11.2 Å². The summed E-state index contributed by atoms with van der Waals surface area (Å²) in [5.41, 5.74) is 6.74. The zero-order valence-corrected chi connectivity index (χ0v) is 13.2. The third-order valence-electron chi connectivity index (χ3n) is 3.47. The predicted molar refractivity (Wildman–Crippen MR) is 84.3 cm³/mol. The van der Waals surface area contributed by atoms with Crippen molar-refractivity contribution in [3.05, 3.63) is 35.6 Å². The number of carbonyl (C=O) groups is 1. The van der Waals surface area contributed by atoms with Gasteiger partial charge in [0.1, 0.15) is 5.82 Å². The molecule has 2 atom stereocenters. The Morgan fingerprint density at radius 1 is 1.24 bits per heavy atom. The largest absolute Gasteiger partial charge is 0.353 e. The quantitative estimate of drug-likeness (QED) is 0.774. The number of hydrogen-bond acceptors (Lipinski definition) is 2. The van der Waals surface area contributed by atoms with Gasteiger partial charge in [-0.3, -0.25) is 4.79 Å². The van der Waals surface area contributed by atoms with E-state index < -0.39 is 0 Å². The van der Waals surface area contributed by atoms with E-state index in [0.717, 1.165) is 12.0 Å². The van der Waals surface area contributed by atoms with Crippen LogP contribution in [-0.4, -0.2) is 18.5 Å². The monoisotopic (exact) mass is 294 g/mol. The molecule has 1 amide bonds. The van der Waals surface area contributed by atoms with Gasteiger partial charge in [-0.15, -0.1) is 0 Å². The second-order valence-corrected chi connectivity index (χ2v) is 6.23. The third-order valence-corrected chi connectivity index (χ3v) is 3.47. The van der Waals surface area contributed by atoms with Crippen molar-refractivity contribution in [3.63, 3.8) is 0 Å². The van der Waals surface area contributed by atoms with Gasteiger partial charge in [0.15, 0.2) is 0 Å². The normalized spacial score (nSPS) is 14.0. The average molecular weight is 294 g/mol. The molecule has 3 N–H and O–H groups in total. The maximum absolute atomic E-state index is 12.8. The molecule has 1 aromatic rings. The molecule has 118 valence electrons. The second-order valence-electron chi connectivity index (χ2n) is 6.23. The zero-order valence-electron chi connectivity index (χ0n) is 13.2. The summed E-state index contributed by atoms with van der Waals surface area (Å²) in [5, 5.41) is 2.99. The topological polar surface area (TPSA) is 55.1 Å². The first kappa shape index (κ1) is 17.6. The summed E-state index contributed by atoms with van der Waals surface area (Å²) in [6.45, 7) is 6.77. The van der Waals surface area contributed by atoms with Crippen LogP contribution in [0.25, 0.3) is 0 Å². The summed E-state index contributed by atoms with van der Waals surface area (Å²) < 4.78 is 12.8. The van der Waals surface area contributed by atoms with Crippen LogP contribution in [0.3, 0.4) is 0 Å². The lowest BCUT2D eigenvalue weighted by molar-refractivity contribution is -0.122. The minimum atomic E-state index is -0.241. The Kier molecular flexibility index (Phi) is 7.37. The molecule has 0 saturated carbocycles. The van der Waals surface area contributed by atoms with Crippen LogP contribution < -0.4 is 11.1 Å². The number of nitrogens with one attached hydrogen (secondary N) is 1. The third kappa shape index (κ3) is 7.23. The fraction of sp³-hybridized carbons (Fsp3) is 0.588. The van der Waals surface area contributed by atoms with Crippen molar-refractivity contribution in [2.75, 3.05) is 6.54 Å². The van der Waals surface area contributed by atoms with Crippen molar-refractivity contribution in [1.82, 2.24) is 5.32 Å². The van der Waals surface area contributed by atoms with E-state index in [-0.39, 0.29) is 23.7 Å². The molecular formula is C17H27FN2O. The molecular weight excluding hydrogens is 267 g/mol. The van der Waals surface area contributed by atoms with Crippen LogP contribution in [0.2, 0.25) is 0 Å². The van der Waals surface area contributed by atoms with Gasteiger partial charge < -0.3 is 11.1 Å². The van der Waals surface area contributed by atoms with Gasteiger partial charge in [0.05, 0.1) is 0 Å². The molecule has 1 unspecified atom stereocenters. The van der Waals surface area contributed by atoms with E-state index in [4.69, 9.17) is 5.73 Å². The average Bonchev–Trinajstić information content (AvgIpc) is 2.39. The lowest BCUT2D eigenvalue weighted by atomic mass is 9.94. The highest BCUT2D eigenvalue weighted by Gasteiger charge is 2.15. The molecule has 0 spiro atoms. The highest BCUT2D eigenvalue weighted by Crippen LogP contribution is 2.14. The summed E-state index contributed by atoms with van der Waals surface area (Å²) in [6, 6.07) is 6.41. The Morgan fingerprint density at radius 2 is 1.86 bits per heavy atom. The van der Waals surface area contributed by atoms with Gasteiger partial charge in [-0.05, 0) is 55.8 Å². The maximum atomic E-state index is 12.8. The van der Waals surface area contributed by atoms with E-state index in [9.17, 15) is 9.18 Å². The molecule has 21 heavy (non-hydrogen) atoms. The van der Waals surface area contributed by atoms with Crippen LogP contribution in [0.4, 0.5) is 4.39 Å². The molecule has 0 aliphatic carbocycles. The highest BCUT2D eigenvalue weighted by atomic mass is 19.1. The van der Waals surface area contributed by atoms with Gasteiger partial charge >= 0.3 is 0 Å². The van der Waals surface area contributed by atoms with Gasteiger partial charge in [-0.25, -0.2) is 4.39 Å².